The summed E-state index contributed by atoms with van der Waals surface area (Å²) in [5, 5.41) is 3.50. The molecular formula is C15H30N2. The zero-order valence-corrected chi connectivity index (χ0v) is 11.8. The molecule has 2 unspecified atom stereocenters. The molecule has 2 fully saturated rings. The number of nitrogens with one attached hydrogen (secondary N) is 1. The predicted molar refractivity (Wildman–Crippen MR) is 74.4 cm³/mol. The lowest BCUT2D eigenvalue weighted by molar-refractivity contribution is 0.0247. The van der Waals surface area contributed by atoms with Gasteiger partial charge in [0.05, 0.1) is 0 Å². The van der Waals surface area contributed by atoms with Crippen molar-refractivity contribution in [3.63, 3.8) is 0 Å². The maximum absolute atomic E-state index is 3.50. The molecule has 0 aromatic rings. The zero-order chi connectivity index (χ0) is 12.1. The lowest BCUT2D eigenvalue weighted by atomic mass is 9.81. The van der Waals surface area contributed by atoms with Crippen molar-refractivity contribution in [3.8, 4) is 0 Å². The van der Waals surface area contributed by atoms with Crippen molar-refractivity contribution in [1.29, 1.82) is 0 Å². The number of rotatable bonds is 6. The monoisotopic (exact) mass is 238 g/mol. The Bertz CT molecular complexity index is 203. The predicted octanol–water partition coefficient (Wildman–Crippen LogP) is 3.17. The third-order valence-electron chi connectivity index (χ3n) is 4.80. The van der Waals surface area contributed by atoms with Crippen LogP contribution in [0.25, 0.3) is 0 Å². The Hall–Kier alpha value is -0.0800. The van der Waals surface area contributed by atoms with Crippen LogP contribution in [-0.4, -0.2) is 36.6 Å². The fourth-order valence-corrected chi connectivity index (χ4v) is 3.80. The maximum Gasteiger partial charge on any atom is 0.0113 e. The highest BCUT2D eigenvalue weighted by Crippen LogP contribution is 2.34. The summed E-state index contributed by atoms with van der Waals surface area (Å²) in [6, 6.07) is 2.57. The van der Waals surface area contributed by atoms with E-state index in [2.05, 4.69) is 24.2 Å². The Balaban J connectivity index is 1.80. The van der Waals surface area contributed by atoms with Crippen molar-refractivity contribution in [1.82, 2.24) is 10.2 Å². The molecule has 0 amide bonds. The topological polar surface area (TPSA) is 15.3 Å². The highest BCUT2D eigenvalue weighted by molar-refractivity contribution is 4.94. The summed E-state index contributed by atoms with van der Waals surface area (Å²) in [4.78, 5) is 2.85. The normalized spacial score (nSPS) is 33.9. The minimum absolute atomic E-state index is 0.789. The summed E-state index contributed by atoms with van der Waals surface area (Å²) in [7, 11) is 2.14. The molecule has 0 spiro atoms. The van der Waals surface area contributed by atoms with Gasteiger partial charge in [-0.1, -0.05) is 32.6 Å². The molecule has 1 N–H and O–H groups in total. The van der Waals surface area contributed by atoms with E-state index in [9.17, 15) is 0 Å². The van der Waals surface area contributed by atoms with Gasteiger partial charge in [-0.15, -0.1) is 0 Å². The molecule has 2 aliphatic rings. The van der Waals surface area contributed by atoms with Crippen LogP contribution >= 0.6 is 0 Å². The van der Waals surface area contributed by atoms with E-state index in [1.807, 2.05) is 0 Å². The minimum Gasteiger partial charge on any atom is -0.317 e. The summed E-state index contributed by atoms with van der Waals surface area (Å²) < 4.78 is 0. The zero-order valence-electron chi connectivity index (χ0n) is 11.8. The average Bonchev–Trinajstić information content (AvgIpc) is 2.34. The molecule has 2 saturated heterocycles. The fraction of sp³-hybridized carbons (Fsp3) is 1.00. The second kappa shape index (κ2) is 6.75. The van der Waals surface area contributed by atoms with Gasteiger partial charge in [-0.2, -0.15) is 0 Å². The van der Waals surface area contributed by atoms with E-state index in [1.165, 1.54) is 64.3 Å². The third-order valence-corrected chi connectivity index (χ3v) is 4.80. The Kier molecular flexibility index (Phi) is 5.30. The van der Waals surface area contributed by atoms with Gasteiger partial charge in [0, 0.05) is 18.1 Å². The Labute approximate surface area is 107 Å². The summed E-state index contributed by atoms with van der Waals surface area (Å²) in [5.74, 6) is 0. The lowest BCUT2D eigenvalue weighted by Gasteiger charge is -2.49. The van der Waals surface area contributed by atoms with E-state index in [4.69, 9.17) is 0 Å². The molecule has 2 heteroatoms. The lowest BCUT2D eigenvalue weighted by Crippen LogP contribution is -2.55. The van der Waals surface area contributed by atoms with Crippen molar-refractivity contribution < 1.29 is 0 Å². The first-order chi connectivity index (χ1) is 8.35. The van der Waals surface area contributed by atoms with Crippen LogP contribution in [0.3, 0.4) is 0 Å². The molecule has 2 bridgehead atoms. The average molecular weight is 238 g/mol. The van der Waals surface area contributed by atoms with E-state index in [-0.39, 0.29) is 0 Å². The maximum atomic E-state index is 3.50. The van der Waals surface area contributed by atoms with Gasteiger partial charge < -0.3 is 5.32 Å². The molecule has 100 valence electrons. The molecule has 2 heterocycles. The van der Waals surface area contributed by atoms with Crippen molar-refractivity contribution in [2.24, 2.45) is 0 Å². The standard InChI is InChI=1S/C15H30N2/c1-3-4-5-6-10-17-14-8-7-9-15(17)12-13(11-14)16-2/h13-16H,3-12H2,1-2H3. The first kappa shape index (κ1) is 13.4. The van der Waals surface area contributed by atoms with Crippen molar-refractivity contribution in [2.75, 3.05) is 13.6 Å². The van der Waals surface area contributed by atoms with Gasteiger partial charge in [0.25, 0.3) is 0 Å². The Morgan fingerprint density at radius 1 is 1.06 bits per heavy atom. The summed E-state index contributed by atoms with van der Waals surface area (Å²) in [6.07, 6.45) is 12.8. The largest absolute Gasteiger partial charge is 0.317 e. The Morgan fingerprint density at radius 2 is 1.76 bits per heavy atom. The number of piperidine rings is 2. The van der Waals surface area contributed by atoms with E-state index in [0.29, 0.717) is 0 Å². The van der Waals surface area contributed by atoms with Crippen LogP contribution in [0, 0.1) is 0 Å². The molecular weight excluding hydrogens is 208 g/mol. The van der Waals surface area contributed by atoms with Crippen LogP contribution in [0.4, 0.5) is 0 Å². The first-order valence-electron chi connectivity index (χ1n) is 7.78. The number of unbranched alkanes of at least 4 members (excludes halogenated alkanes) is 3. The van der Waals surface area contributed by atoms with Crippen LogP contribution < -0.4 is 5.32 Å². The molecule has 0 saturated carbocycles. The second-order valence-electron chi connectivity index (χ2n) is 5.99. The van der Waals surface area contributed by atoms with Gasteiger partial charge in [-0.3, -0.25) is 4.90 Å². The summed E-state index contributed by atoms with van der Waals surface area (Å²) in [6.45, 7) is 3.67. The van der Waals surface area contributed by atoms with Gasteiger partial charge in [0.15, 0.2) is 0 Å². The van der Waals surface area contributed by atoms with Crippen LogP contribution in [0.1, 0.15) is 64.7 Å². The first-order valence-corrected chi connectivity index (χ1v) is 7.78. The molecule has 0 aromatic carbocycles. The van der Waals surface area contributed by atoms with Gasteiger partial charge in [0.1, 0.15) is 0 Å². The highest BCUT2D eigenvalue weighted by Gasteiger charge is 2.36. The molecule has 2 aliphatic heterocycles. The molecule has 0 aromatic heterocycles. The second-order valence-corrected chi connectivity index (χ2v) is 5.99. The summed E-state index contributed by atoms with van der Waals surface area (Å²) >= 11 is 0. The van der Waals surface area contributed by atoms with E-state index < -0.39 is 0 Å². The van der Waals surface area contributed by atoms with Crippen molar-refractivity contribution in [3.05, 3.63) is 0 Å². The number of nitrogens with zero attached hydrogens (tertiary/aromatic N) is 1. The van der Waals surface area contributed by atoms with E-state index >= 15 is 0 Å². The van der Waals surface area contributed by atoms with Crippen molar-refractivity contribution in [2.45, 2.75) is 82.8 Å². The van der Waals surface area contributed by atoms with E-state index in [0.717, 1.165) is 18.1 Å². The van der Waals surface area contributed by atoms with Gasteiger partial charge in [0.2, 0.25) is 0 Å². The fourth-order valence-electron chi connectivity index (χ4n) is 3.80. The van der Waals surface area contributed by atoms with Gasteiger partial charge >= 0.3 is 0 Å². The quantitative estimate of drug-likeness (QED) is 0.715. The summed E-state index contributed by atoms with van der Waals surface area (Å²) in [5.41, 5.74) is 0. The van der Waals surface area contributed by atoms with Crippen LogP contribution in [-0.2, 0) is 0 Å². The third kappa shape index (κ3) is 3.45. The molecule has 0 radical (unpaired) electrons. The smallest absolute Gasteiger partial charge is 0.0113 e. The van der Waals surface area contributed by atoms with E-state index in [1.54, 1.807) is 0 Å². The number of hydrogen-bond acceptors (Lipinski definition) is 2. The highest BCUT2D eigenvalue weighted by atomic mass is 15.2. The molecule has 2 rings (SSSR count). The molecule has 2 atom stereocenters. The minimum atomic E-state index is 0.789. The van der Waals surface area contributed by atoms with Crippen molar-refractivity contribution >= 4 is 0 Å². The van der Waals surface area contributed by atoms with Crippen LogP contribution in [0.15, 0.2) is 0 Å². The molecule has 17 heavy (non-hydrogen) atoms. The molecule has 2 nitrogen and oxygen atoms in total. The number of fused-ring (bicyclic) bond motifs is 2. The SMILES string of the molecule is CCCCCCN1C2CCCC1CC(NC)C2. The Morgan fingerprint density at radius 3 is 2.35 bits per heavy atom. The number of hydrogen-bond donors (Lipinski definition) is 1. The van der Waals surface area contributed by atoms with Gasteiger partial charge in [-0.05, 0) is 45.7 Å². The van der Waals surface area contributed by atoms with Crippen LogP contribution in [0.2, 0.25) is 0 Å². The van der Waals surface area contributed by atoms with Crippen LogP contribution in [0.5, 0.6) is 0 Å². The van der Waals surface area contributed by atoms with Gasteiger partial charge in [-0.25, -0.2) is 0 Å². The molecule has 0 aliphatic carbocycles.